The molecule has 0 aromatic heterocycles. The van der Waals surface area contributed by atoms with Gasteiger partial charge in [-0.15, -0.1) is 0 Å². The molecule has 0 spiro atoms. The van der Waals surface area contributed by atoms with Gasteiger partial charge in [0.25, 0.3) is 0 Å². The Labute approximate surface area is 184 Å². The summed E-state index contributed by atoms with van der Waals surface area (Å²) in [5.41, 5.74) is 0.447. The van der Waals surface area contributed by atoms with E-state index in [4.69, 9.17) is 9.47 Å². The molecule has 0 aliphatic heterocycles. The highest BCUT2D eigenvalue weighted by atomic mass is 32.2. The maximum Gasteiger partial charge on any atom is 0.407 e. The van der Waals surface area contributed by atoms with Gasteiger partial charge in [0.05, 0.1) is 0 Å². The third-order valence-corrected chi connectivity index (χ3v) is 6.15. The van der Waals surface area contributed by atoms with Crippen molar-refractivity contribution in [1.82, 2.24) is 10.6 Å². The largest absolute Gasteiger partial charge is 0.445 e. The standard InChI is InChI=1S/C23H36N2O4S/c1-16(2)30-15-18-13-19(24-22(27)29-23(3,4)5)11-12-20(18)25-21(26)28-14-17-9-7-6-8-10-17/h6-10,16,18-20H,11-15H2,1-5H3,(H,24,27)(H,25,26)/t18?,19-,20+/m0/s1. The van der Waals surface area contributed by atoms with E-state index in [0.717, 1.165) is 30.6 Å². The molecule has 0 bridgehead atoms. The monoisotopic (exact) mass is 436 g/mol. The fourth-order valence-electron chi connectivity index (χ4n) is 3.48. The molecule has 0 saturated heterocycles. The van der Waals surface area contributed by atoms with E-state index < -0.39 is 5.60 Å². The smallest absolute Gasteiger partial charge is 0.407 e. The van der Waals surface area contributed by atoms with Crippen LogP contribution >= 0.6 is 11.8 Å². The Kier molecular flexibility index (Phi) is 9.34. The molecule has 2 rings (SSSR count). The van der Waals surface area contributed by atoms with Gasteiger partial charge in [-0.3, -0.25) is 0 Å². The molecule has 0 heterocycles. The Balaban J connectivity index is 1.88. The van der Waals surface area contributed by atoms with Crippen molar-refractivity contribution in [3.05, 3.63) is 35.9 Å². The van der Waals surface area contributed by atoms with Crippen molar-refractivity contribution in [3.63, 3.8) is 0 Å². The SMILES string of the molecule is CC(C)SCC1C[C@@H](NC(=O)OC(C)(C)C)CC[C@H]1NC(=O)OCc1ccccc1. The van der Waals surface area contributed by atoms with Crippen LogP contribution in [0.1, 0.15) is 59.4 Å². The van der Waals surface area contributed by atoms with Crippen LogP contribution in [0.3, 0.4) is 0 Å². The zero-order valence-electron chi connectivity index (χ0n) is 18.8. The lowest BCUT2D eigenvalue weighted by Crippen LogP contribution is -2.50. The highest BCUT2D eigenvalue weighted by Crippen LogP contribution is 2.29. The number of amides is 2. The second kappa shape index (κ2) is 11.5. The van der Waals surface area contributed by atoms with Crippen molar-refractivity contribution in [2.45, 2.75) is 83.4 Å². The lowest BCUT2D eigenvalue weighted by Gasteiger charge is -2.37. The number of ether oxygens (including phenoxy) is 2. The van der Waals surface area contributed by atoms with Gasteiger partial charge in [-0.1, -0.05) is 44.2 Å². The third kappa shape index (κ3) is 9.28. The molecule has 168 valence electrons. The van der Waals surface area contributed by atoms with Gasteiger partial charge in [-0.2, -0.15) is 11.8 Å². The fourth-order valence-corrected chi connectivity index (χ4v) is 4.48. The minimum atomic E-state index is -0.516. The van der Waals surface area contributed by atoms with Crippen molar-refractivity contribution in [1.29, 1.82) is 0 Å². The molecule has 6 nitrogen and oxygen atoms in total. The molecule has 1 aromatic rings. The van der Waals surface area contributed by atoms with Crippen LogP contribution < -0.4 is 10.6 Å². The van der Waals surface area contributed by atoms with Crippen LogP contribution in [0.2, 0.25) is 0 Å². The van der Waals surface area contributed by atoms with Crippen LogP contribution in [0, 0.1) is 5.92 Å². The lowest BCUT2D eigenvalue weighted by atomic mass is 9.82. The zero-order chi connectivity index (χ0) is 22.1. The van der Waals surface area contributed by atoms with Crippen molar-refractivity contribution in [2.75, 3.05) is 5.75 Å². The Morgan fingerprint density at radius 3 is 2.43 bits per heavy atom. The Hall–Kier alpha value is -1.89. The number of hydrogen-bond acceptors (Lipinski definition) is 5. The summed E-state index contributed by atoms with van der Waals surface area (Å²) in [6.07, 6.45) is 1.64. The Bertz CT molecular complexity index is 676. The number of thioether (sulfide) groups is 1. The van der Waals surface area contributed by atoms with E-state index >= 15 is 0 Å². The molecule has 1 unspecified atom stereocenters. The minimum absolute atomic E-state index is 0.0382. The molecule has 30 heavy (non-hydrogen) atoms. The van der Waals surface area contributed by atoms with Crippen LogP contribution in [-0.4, -0.2) is 40.9 Å². The van der Waals surface area contributed by atoms with Gasteiger partial charge in [0.2, 0.25) is 0 Å². The van der Waals surface area contributed by atoms with E-state index in [2.05, 4.69) is 24.5 Å². The molecule has 1 aliphatic rings. The highest BCUT2D eigenvalue weighted by molar-refractivity contribution is 7.99. The molecule has 1 aromatic carbocycles. The van der Waals surface area contributed by atoms with E-state index in [1.807, 2.05) is 62.9 Å². The summed E-state index contributed by atoms with van der Waals surface area (Å²) < 4.78 is 10.8. The van der Waals surface area contributed by atoms with Crippen LogP contribution in [-0.2, 0) is 16.1 Å². The summed E-state index contributed by atoms with van der Waals surface area (Å²) in [6.45, 7) is 10.2. The molecule has 1 aliphatic carbocycles. The predicted molar refractivity (Wildman–Crippen MR) is 122 cm³/mol. The van der Waals surface area contributed by atoms with Crippen molar-refractivity contribution in [2.24, 2.45) is 5.92 Å². The van der Waals surface area contributed by atoms with E-state index in [1.165, 1.54) is 0 Å². The summed E-state index contributed by atoms with van der Waals surface area (Å²) in [5, 5.41) is 6.56. The molecule has 1 saturated carbocycles. The van der Waals surface area contributed by atoms with Gasteiger partial charge in [0.15, 0.2) is 0 Å². The first kappa shape index (κ1) is 24.4. The summed E-state index contributed by atoms with van der Waals surface area (Å²) in [7, 11) is 0. The Morgan fingerprint density at radius 2 is 1.80 bits per heavy atom. The molecule has 0 radical (unpaired) electrons. The average Bonchev–Trinajstić information content (AvgIpc) is 2.65. The van der Waals surface area contributed by atoms with Crippen LogP contribution in [0.25, 0.3) is 0 Å². The summed E-state index contributed by atoms with van der Waals surface area (Å²) in [4.78, 5) is 24.5. The first-order chi connectivity index (χ1) is 14.1. The third-order valence-electron chi connectivity index (χ3n) is 4.86. The average molecular weight is 437 g/mol. The molecule has 3 atom stereocenters. The number of rotatable bonds is 7. The van der Waals surface area contributed by atoms with Gasteiger partial charge in [0.1, 0.15) is 12.2 Å². The molecule has 1 fully saturated rings. The topological polar surface area (TPSA) is 76.7 Å². The van der Waals surface area contributed by atoms with E-state index in [9.17, 15) is 9.59 Å². The fraction of sp³-hybridized carbons (Fsp3) is 0.652. The quantitative estimate of drug-likeness (QED) is 0.621. The number of hydrogen-bond donors (Lipinski definition) is 2. The molecular weight excluding hydrogens is 400 g/mol. The highest BCUT2D eigenvalue weighted by Gasteiger charge is 2.33. The van der Waals surface area contributed by atoms with E-state index in [1.54, 1.807) is 0 Å². The van der Waals surface area contributed by atoms with Crippen molar-refractivity contribution >= 4 is 23.9 Å². The maximum atomic E-state index is 12.4. The van der Waals surface area contributed by atoms with E-state index in [0.29, 0.717) is 5.25 Å². The second-order valence-corrected chi connectivity index (χ2v) is 10.7. The first-order valence-electron chi connectivity index (χ1n) is 10.7. The van der Waals surface area contributed by atoms with Crippen molar-refractivity contribution in [3.8, 4) is 0 Å². The maximum absolute atomic E-state index is 12.4. The van der Waals surface area contributed by atoms with Crippen LogP contribution in [0.4, 0.5) is 9.59 Å². The van der Waals surface area contributed by atoms with Gasteiger partial charge in [-0.25, -0.2) is 9.59 Å². The molecule has 2 amide bonds. The van der Waals surface area contributed by atoms with E-state index in [-0.39, 0.29) is 36.8 Å². The number of nitrogens with one attached hydrogen (secondary N) is 2. The van der Waals surface area contributed by atoms with Gasteiger partial charge in [-0.05, 0) is 62.5 Å². The van der Waals surface area contributed by atoms with Gasteiger partial charge >= 0.3 is 12.2 Å². The molecular formula is C23H36N2O4S. The number of alkyl carbamates (subject to hydrolysis) is 2. The minimum Gasteiger partial charge on any atom is -0.445 e. The first-order valence-corrected chi connectivity index (χ1v) is 11.8. The van der Waals surface area contributed by atoms with Crippen molar-refractivity contribution < 1.29 is 19.1 Å². The lowest BCUT2D eigenvalue weighted by molar-refractivity contribution is 0.0478. The molecule has 2 N–H and O–H groups in total. The number of carbonyl (C=O) groups excluding carboxylic acids is 2. The molecule has 7 heteroatoms. The van der Waals surface area contributed by atoms with Gasteiger partial charge < -0.3 is 20.1 Å². The summed E-state index contributed by atoms with van der Waals surface area (Å²) in [6, 6.07) is 9.74. The van der Waals surface area contributed by atoms with Crippen LogP contribution in [0.5, 0.6) is 0 Å². The zero-order valence-corrected chi connectivity index (χ0v) is 19.6. The van der Waals surface area contributed by atoms with Gasteiger partial charge in [0, 0.05) is 12.1 Å². The van der Waals surface area contributed by atoms with Crippen LogP contribution in [0.15, 0.2) is 30.3 Å². The number of carbonyl (C=O) groups is 2. The second-order valence-electron chi connectivity index (χ2n) is 9.11. The normalized spacial score (nSPS) is 21.7. The predicted octanol–water partition coefficient (Wildman–Crippen LogP) is 5.12. The number of benzene rings is 1. The summed E-state index contributed by atoms with van der Waals surface area (Å²) >= 11 is 1.87. The Morgan fingerprint density at radius 1 is 1.10 bits per heavy atom. The summed E-state index contributed by atoms with van der Waals surface area (Å²) in [5.74, 6) is 1.18.